The number of rotatable bonds is 5. The van der Waals surface area contributed by atoms with Gasteiger partial charge in [0.15, 0.2) is 5.58 Å². The van der Waals surface area contributed by atoms with Gasteiger partial charge in [-0.3, -0.25) is 14.3 Å². The zero-order chi connectivity index (χ0) is 19.7. The van der Waals surface area contributed by atoms with E-state index >= 15 is 0 Å². The molecule has 1 aliphatic heterocycles. The van der Waals surface area contributed by atoms with Crippen molar-refractivity contribution in [2.24, 2.45) is 0 Å². The van der Waals surface area contributed by atoms with Gasteiger partial charge in [0.05, 0.1) is 24.2 Å². The van der Waals surface area contributed by atoms with Crippen LogP contribution in [-0.2, 0) is 16.0 Å². The Hall–Kier alpha value is -3.16. The van der Waals surface area contributed by atoms with E-state index in [0.29, 0.717) is 24.1 Å². The highest BCUT2D eigenvalue weighted by Gasteiger charge is 2.33. The Morgan fingerprint density at radius 2 is 2.18 bits per heavy atom. The second kappa shape index (κ2) is 7.46. The second-order valence-electron chi connectivity index (χ2n) is 7.35. The third kappa shape index (κ3) is 3.49. The number of carbonyl (C=O) groups is 2. The van der Waals surface area contributed by atoms with Gasteiger partial charge >= 0.3 is 0 Å². The van der Waals surface area contributed by atoms with Gasteiger partial charge in [-0.25, -0.2) is 0 Å². The van der Waals surface area contributed by atoms with E-state index in [4.69, 9.17) is 4.52 Å². The Balaban J connectivity index is 1.52. The minimum absolute atomic E-state index is 0.0190. The average Bonchev–Trinajstić information content (AvgIpc) is 3.31. The van der Waals surface area contributed by atoms with Crippen LogP contribution in [-0.4, -0.2) is 32.8 Å². The van der Waals surface area contributed by atoms with Crippen molar-refractivity contribution in [1.82, 2.24) is 25.6 Å². The highest BCUT2D eigenvalue weighted by atomic mass is 16.5. The maximum Gasteiger partial charge on any atom is 0.226 e. The molecule has 3 heterocycles. The first-order valence-electron chi connectivity index (χ1n) is 9.48. The zero-order valence-electron chi connectivity index (χ0n) is 15.9. The lowest BCUT2D eigenvalue weighted by molar-refractivity contribution is -0.127. The van der Waals surface area contributed by atoms with Gasteiger partial charge in [0, 0.05) is 24.0 Å². The maximum absolute atomic E-state index is 12.7. The van der Waals surface area contributed by atoms with Crippen LogP contribution in [0.5, 0.6) is 0 Å². The van der Waals surface area contributed by atoms with Gasteiger partial charge < -0.3 is 15.2 Å². The van der Waals surface area contributed by atoms with Gasteiger partial charge in [0.25, 0.3) is 0 Å². The SMILES string of the molecule is CC(C)n1nccc1[C@@H]1NC(=O)CC[C@H]1NC(=O)Cc1noc2ccccc12. The van der Waals surface area contributed by atoms with E-state index in [1.807, 2.05) is 48.9 Å². The van der Waals surface area contributed by atoms with E-state index in [0.717, 1.165) is 11.1 Å². The predicted molar refractivity (Wildman–Crippen MR) is 102 cm³/mol. The lowest BCUT2D eigenvalue weighted by atomic mass is 9.94. The van der Waals surface area contributed by atoms with Gasteiger partial charge in [-0.2, -0.15) is 5.10 Å². The van der Waals surface area contributed by atoms with Crippen molar-refractivity contribution in [2.45, 2.75) is 51.2 Å². The van der Waals surface area contributed by atoms with Crippen molar-refractivity contribution in [3.8, 4) is 0 Å². The quantitative estimate of drug-likeness (QED) is 0.706. The fourth-order valence-corrected chi connectivity index (χ4v) is 3.71. The van der Waals surface area contributed by atoms with Gasteiger partial charge in [-0.1, -0.05) is 17.3 Å². The fraction of sp³-hybridized carbons (Fsp3) is 0.400. The van der Waals surface area contributed by atoms with Crippen LogP contribution in [0.4, 0.5) is 0 Å². The summed E-state index contributed by atoms with van der Waals surface area (Å²) in [5.41, 5.74) is 2.16. The largest absolute Gasteiger partial charge is 0.356 e. The topological polar surface area (TPSA) is 102 Å². The third-order valence-electron chi connectivity index (χ3n) is 5.04. The first kappa shape index (κ1) is 18.2. The molecule has 2 amide bonds. The van der Waals surface area contributed by atoms with Crippen molar-refractivity contribution in [1.29, 1.82) is 0 Å². The van der Waals surface area contributed by atoms with E-state index in [1.165, 1.54) is 0 Å². The third-order valence-corrected chi connectivity index (χ3v) is 5.04. The molecular weight excluding hydrogens is 358 g/mol. The molecule has 2 N–H and O–H groups in total. The number of aromatic nitrogens is 3. The molecule has 1 fully saturated rings. The number of carbonyl (C=O) groups excluding carboxylic acids is 2. The van der Waals surface area contributed by atoms with E-state index in [2.05, 4.69) is 20.9 Å². The summed E-state index contributed by atoms with van der Waals surface area (Å²) < 4.78 is 7.15. The Kier molecular flexibility index (Phi) is 4.85. The van der Waals surface area contributed by atoms with E-state index in [9.17, 15) is 9.59 Å². The predicted octanol–water partition coefficient (Wildman–Crippen LogP) is 2.28. The Morgan fingerprint density at radius 1 is 1.36 bits per heavy atom. The molecule has 1 aromatic carbocycles. The normalized spacial score (nSPS) is 19.8. The molecule has 1 saturated heterocycles. The summed E-state index contributed by atoms with van der Waals surface area (Å²) in [4.78, 5) is 24.7. The maximum atomic E-state index is 12.7. The van der Waals surface area contributed by atoms with Crippen molar-refractivity contribution in [3.05, 3.63) is 47.9 Å². The molecule has 0 aliphatic carbocycles. The molecular formula is C20H23N5O3. The molecule has 3 aromatic rings. The molecule has 0 radical (unpaired) electrons. The molecule has 4 rings (SSSR count). The van der Waals surface area contributed by atoms with E-state index < -0.39 is 0 Å². The summed E-state index contributed by atoms with van der Waals surface area (Å²) in [6.45, 7) is 4.06. The molecule has 8 nitrogen and oxygen atoms in total. The molecule has 8 heteroatoms. The lowest BCUT2D eigenvalue weighted by Gasteiger charge is -2.33. The number of hydrogen-bond donors (Lipinski definition) is 2. The minimum atomic E-state index is -0.316. The summed E-state index contributed by atoms with van der Waals surface area (Å²) in [5, 5.41) is 15.3. The smallest absolute Gasteiger partial charge is 0.226 e. The summed E-state index contributed by atoms with van der Waals surface area (Å²) in [5.74, 6) is -0.171. The minimum Gasteiger partial charge on any atom is -0.356 e. The molecule has 2 aromatic heterocycles. The summed E-state index contributed by atoms with van der Waals surface area (Å²) in [6.07, 6.45) is 2.80. The summed E-state index contributed by atoms with van der Waals surface area (Å²) >= 11 is 0. The van der Waals surface area contributed by atoms with Crippen LogP contribution in [0.15, 0.2) is 41.1 Å². The number of hydrogen-bond acceptors (Lipinski definition) is 5. The van der Waals surface area contributed by atoms with E-state index in [1.54, 1.807) is 6.20 Å². The standard InChI is InChI=1S/C20H23N5O3/c1-12(2)25-16(9-10-21-25)20-14(7-8-18(26)23-20)22-19(27)11-15-13-5-3-4-6-17(13)28-24-15/h3-6,9-10,12,14,20H,7-8,11H2,1-2H3,(H,22,27)(H,23,26)/t14-,20-/m1/s1. The van der Waals surface area contributed by atoms with Crippen LogP contribution in [0.1, 0.15) is 50.2 Å². The Bertz CT molecular complexity index is 1010. The molecule has 0 bridgehead atoms. The average molecular weight is 381 g/mol. The van der Waals surface area contributed by atoms with Crippen LogP contribution < -0.4 is 10.6 Å². The zero-order valence-corrected chi connectivity index (χ0v) is 15.9. The van der Waals surface area contributed by atoms with Crippen molar-refractivity contribution < 1.29 is 14.1 Å². The number of nitrogens with zero attached hydrogens (tertiary/aromatic N) is 3. The highest BCUT2D eigenvalue weighted by Crippen LogP contribution is 2.26. The molecule has 0 saturated carbocycles. The number of nitrogens with one attached hydrogen (secondary N) is 2. The second-order valence-corrected chi connectivity index (χ2v) is 7.35. The van der Waals surface area contributed by atoms with Crippen molar-refractivity contribution in [3.63, 3.8) is 0 Å². The van der Waals surface area contributed by atoms with Gasteiger partial charge in [0.1, 0.15) is 5.69 Å². The molecule has 1 aliphatic rings. The van der Waals surface area contributed by atoms with E-state index in [-0.39, 0.29) is 36.4 Å². The van der Waals surface area contributed by atoms with Crippen molar-refractivity contribution >= 4 is 22.8 Å². The highest BCUT2D eigenvalue weighted by molar-refractivity contribution is 5.86. The van der Waals surface area contributed by atoms with Crippen LogP contribution in [0, 0.1) is 0 Å². The van der Waals surface area contributed by atoms with Crippen LogP contribution in [0.2, 0.25) is 0 Å². The number of benzene rings is 1. The summed E-state index contributed by atoms with van der Waals surface area (Å²) in [7, 11) is 0. The van der Waals surface area contributed by atoms with Gasteiger partial charge in [0.2, 0.25) is 11.8 Å². The monoisotopic (exact) mass is 381 g/mol. The Labute approximate surface area is 162 Å². The van der Waals surface area contributed by atoms with Crippen LogP contribution in [0.3, 0.4) is 0 Å². The van der Waals surface area contributed by atoms with Crippen molar-refractivity contribution in [2.75, 3.05) is 0 Å². The number of fused-ring (bicyclic) bond motifs is 1. The molecule has 0 unspecified atom stereocenters. The van der Waals surface area contributed by atoms with Crippen LogP contribution in [0.25, 0.3) is 11.0 Å². The number of amides is 2. The number of para-hydroxylation sites is 1. The fourth-order valence-electron chi connectivity index (χ4n) is 3.71. The first-order chi connectivity index (χ1) is 13.5. The molecule has 2 atom stereocenters. The van der Waals surface area contributed by atoms with Gasteiger partial charge in [-0.05, 0) is 38.5 Å². The summed E-state index contributed by atoms with van der Waals surface area (Å²) in [6, 6.07) is 8.98. The Morgan fingerprint density at radius 3 is 3.00 bits per heavy atom. The van der Waals surface area contributed by atoms with Gasteiger partial charge in [-0.15, -0.1) is 0 Å². The lowest BCUT2D eigenvalue weighted by Crippen LogP contribution is -2.51. The van der Waals surface area contributed by atoms with Crippen LogP contribution >= 0.6 is 0 Å². The molecule has 146 valence electrons. The number of piperidine rings is 1. The molecule has 28 heavy (non-hydrogen) atoms. The molecule has 0 spiro atoms. The first-order valence-corrected chi connectivity index (χ1v) is 9.48.